The first kappa shape index (κ1) is 26.8. The molecule has 6 nitrogen and oxygen atoms in total. The van der Waals surface area contributed by atoms with E-state index >= 15 is 0 Å². The number of piperazine rings is 1. The molecule has 1 amide bonds. The third kappa shape index (κ3) is 6.27. The Kier molecular flexibility index (Phi) is 7.54. The van der Waals surface area contributed by atoms with Crippen LogP contribution in [0.25, 0.3) is 10.2 Å². The Morgan fingerprint density at radius 3 is 2.32 bits per heavy atom. The van der Waals surface area contributed by atoms with E-state index in [4.69, 9.17) is 0 Å². The molecule has 206 valence electrons. The zero-order chi connectivity index (χ0) is 26.4. The zero-order valence-corrected chi connectivity index (χ0v) is 21.8. The molecule has 0 unspecified atom stereocenters. The third-order valence-electron chi connectivity index (χ3n) is 8.18. The lowest BCUT2D eigenvalue weighted by molar-refractivity contribution is -0.150. The molecule has 12 heteroatoms. The van der Waals surface area contributed by atoms with Crippen molar-refractivity contribution in [1.82, 2.24) is 24.9 Å². The number of thiophene rings is 1. The van der Waals surface area contributed by atoms with E-state index in [0.717, 1.165) is 41.6 Å². The second kappa shape index (κ2) is 10.4. The number of hydrogen-bond donors (Lipinski definition) is 1. The summed E-state index contributed by atoms with van der Waals surface area (Å²) in [5, 5.41) is 8.67. The summed E-state index contributed by atoms with van der Waals surface area (Å²) in [6, 6.07) is 2.20. The van der Waals surface area contributed by atoms with Crippen molar-refractivity contribution >= 4 is 27.5 Å². The minimum absolute atomic E-state index is 0.0682. The Bertz CT molecular complexity index is 1090. The van der Waals surface area contributed by atoms with Crippen LogP contribution >= 0.6 is 11.3 Å². The van der Waals surface area contributed by atoms with Crippen LogP contribution in [0.15, 0.2) is 6.07 Å². The van der Waals surface area contributed by atoms with Gasteiger partial charge in [0, 0.05) is 56.5 Å². The highest BCUT2D eigenvalue weighted by Crippen LogP contribution is 2.41. The van der Waals surface area contributed by atoms with Crippen molar-refractivity contribution in [2.75, 3.05) is 32.7 Å². The summed E-state index contributed by atoms with van der Waals surface area (Å²) in [7, 11) is 0. The first-order chi connectivity index (χ1) is 17.5. The third-order valence-corrected chi connectivity index (χ3v) is 9.31. The lowest BCUT2D eigenvalue weighted by Gasteiger charge is -2.42. The van der Waals surface area contributed by atoms with Crippen molar-refractivity contribution in [3.63, 3.8) is 0 Å². The van der Waals surface area contributed by atoms with E-state index < -0.39 is 18.6 Å². The average molecular weight is 548 g/mol. The van der Waals surface area contributed by atoms with Gasteiger partial charge in [-0.25, -0.2) is 8.78 Å². The van der Waals surface area contributed by atoms with Crippen molar-refractivity contribution in [2.45, 2.75) is 88.5 Å². The molecule has 1 aliphatic heterocycles. The molecule has 0 spiro atoms. The Balaban J connectivity index is 1.13. The van der Waals surface area contributed by atoms with Gasteiger partial charge in [0.05, 0.1) is 23.2 Å². The summed E-state index contributed by atoms with van der Waals surface area (Å²) in [5.74, 6) is -2.72. The topological polar surface area (TPSA) is 53.4 Å². The molecule has 1 saturated heterocycles. The molecule has 0 radical (unpaired) electrons. The summed E-state index contributed by atoms with van der Waals surface area (Å²) in [6.45, 7) is 3.20. The van der Waals surface area contributed by atoms with Crippen LogP contribution in [0.5, 0.6) is 0 Å². The zero-order valence-electron chi connectivity index (χ0n) is 21.0. The predicted octanol–water partition coefficient (Wildman–Crippen LogP) is 5.38. The van der Waals surface area contributed by atoms with Gasteiger partial charge in [-0.3, -0.25) is 19.3 Å². The molecule has 2 aliphatic carbocycles. The first-order valence-corrected chi connectivity index (χ1v) is 14.0. The Morgan fingerprint density at radius 2 is 1.70 bits per heavy atom. The molecule has 2 aromatic heterocycles. The number of alkyl halides is 5. The highest BCUT2D eigenvalue weighted by Gasteiger charge is 2.37. The van der Waals surface area contributed by atoms with Crippen molar-refractivity contribution in [2.24, 2.45) is 0 Å². The lowest BCUT2D eigenvalue weighted by atomic mass is 9.89. The number of carbonyl (C=O) groups excluding carboxylic acids is 1. The van der Waals surface area contributed by atoms with Gasteiger partial charge in [0.2, 0.25) is 5.92 Å². The van der Waals surface area contributed by atoms with Crippen molar-refractivity contribution in [1.29, 1.82) is 0 Å². The number of fused-ring (bicyclic) bond motifs is 1. The van der Waals surface area contributed by atoms with Gasteiger partial charge in [-0.15, -0.1) is 11.3 Å². The van der Waals surface area contributed by atoms with Crippen LogP contribution in [0.2, 0.25) is 0 Å². The van der Waals surface area contributed by atoms with Crippen LogP contribution in [0.1, 0.15) is 72.8 Å². The molecule has 3 heterocycles. The largest absolute Gasteiger partial charge is 0.401 e. The van der Waals surface area contributed by atoms with E-state index in [1.165, 1.54) is 16.2 Å². The Morgan fingerprint density at radius 1 is 1.05 bits per heavy atom. The lowest BCUT2D eigenvalue weighted by Crippen LogP contribution is -2.53. The number of aryl methyl sites for hydroxylation is 1. The molecule has 3 fully saturated rings. The van der Waals surface area contributed by atoms with E-state index in [2.05, 4.69) is 15.3 Å². The maximum Gasteiger partial charge on any atom is 0.401 e. The van der Waals surface area contributed by atoms with E-state index in [0.29, 0.717) is 49.9 Å². The molecule has 1 N–H and O–H groups in total. The number of carbonyl (C=O) groups is 1. The molecule has 0 atom stereocenters. The number of amides is 1. The Labute approximate surface area is 217 Å². The van der Waals surface area contributed by atoms with Crippen molar-refractivity contribution in [3.8, 4) is 0 Å². The SMILES string of the molecule is Cc1nn(C2CCC(F)(F)CC2)c2sc(C(=O)NC3CCC(N4CCN(CC(F)(F)F)CC4)CC3)cc12. The van der Waals surface area contributed by atoms with E-state index in [1.54, 1.807) is 0 Å². The van der Waals surface area contributed by atoms with Crippen molar-refractivity contribution in [3.05, 3.63) is 16.6 Å². The first-order valence-electron chi connectivity index (χ1n) is 13.2. The van der Waals surface area contributed by atoms with Gasteiger partial charge in [0.25, 0.3) is 5.91 Å². The molecule has 2 saturated carbocycles. The average Bonchev–Trinajstić information content (AvgIpc) is 3.40. The number of rotatable bonds is 5. The minimum Gasteiger partial charge on any atom is -0.349 e. The fourth-order valence-corrected chi connectivity index (χ4v) is 7.22. The standard InChI is InChI=1S/C25H34F5N5OS/c1-16-20-14-21(37-23(20)35(32-16)19-6-8-24(26,27)9-7-19)22(36)31-17-2-4-18(5-3-17)34-12-10-33(11-13-34)15-25(28,29)30/h14,17-19H,2-13,15H2,1H3,(H,31,36). The van der Waals surface area contributed by atoms with Gasteiger partial charge in [0.1, 0.15) is 4.83 Å². The molecule has 5 rings (SSSR count). The van der Waals surface area contributed by atoms with Gasteiger partial charge >= 0.3 is 6.18 Å². The van der Waals surface area contributed by atoms with E-state index in [1.807, 2.05) is 17.7 Å². The molecule has 37 heavy (non-hydrogen) atoms. The van der Waals surface area contributed by atoms with Gasteiger partial charge in [-0.05, 0) is 51.5 Å². The maximum absolute atomic E-state index is 13.6. The summed E-state index contributed by atoms with van der Waals surface area (Å²) in [4.78, 5) is 18.3. The highest BCUT2D eigenvalue weighted by molar-refractivity contribution is 7.20. The second-order valence-electron chi connectivity index (χ2n) is 10.9. The number of halogens is 5. The number of nitrogens with zero attached hydrogens (tertiary/aromatic N) is 4. The van der Waals surface area contributed by atoms with Crippen molar-refractivity contribution < 1.29 is 26.7 Å². The highest BCUT2D eigenvalue weighted by atomic mass is 32.1. The second-order valence-corrected chi connectivity index (χ2v) is 11.9. The summed E-state index contributed by atoms with van der Waals surface area (Å²) in [5.41, 5.74) is 0.804. The van der Waals surface area contributed by atoms with Crippen LogP contribution in [0.3, 0.4) is 0 Å². The fourth-order valence-electron chi connectivity index (χ4n) is 6.08. The maximum atomic E-state index is 13.6. The van der Waals surface area contributed by atoms with Crippen LogP contribution in [0.4, 0.5) is 22.0 Å². The van der Waals surface area contributed by atoms with Gasteiger partial charge < -0.3 is 5.32 Å². The fraction of sp³-hybridized carbons (Fsp3) is 0.760. The van der Waals surface area contributed by atoms with Crippen LogP contribution in [0, 0.1) is 6.92 Å². The van der Waals surface area contributed by atoms with E-state index in [9.17, 15) is 26.7 Å². The number of nitrogens with one attached hydrogen (secondary N) is 1. The van der Waals surface area contributed by atoms with Crippen LogP contribution in [-0.4, -0.2) is 82.4 Å². The summed E-state index contributed by atoms with van der Waals surface area (Å²) < 4.78 is 67.0. The summed E-state index contributed by atoms with van der Waals surface area (Å²) >= 11 is 1.37. The minimum atomic E-state index is -4.15. The molecule has 0 bridgehead atoms. The van der Waals surface area contributed by atoms with Gasteiger partial charge in [-0.2, -0.15) is 18.3 Å². The molecule has 2 aromatic rings. The Hall–Kier alpha value is -1.79. The molecular weight excluding hydrogens is 513 g/mol. The van der Waals surface area contributed by atoms with E-state index in [-0.39, 0.29) is 30.8 Å². The quantitative estimate of drug-likeness (QED) is 0.511. The molecule has 3 aliphatic rings. The normalized spacial score (nSPS) is 26.5. The van der Waals surface area contributed by atoms with Crippen LogP contribution < -0.4 is 5.32 Å². The van der Waals surface area contributed by atoms with Crippen LogP contribution in [-0.2, 0) is 0 Å². The number of aromatic nitrogens is 2. The summed E-state index contributed by atoms with van der Waals surface area (Å²) in [6.07, 6.45) is -0.162. The van der Waals surface area contributed by atoms with Gasteiger partial charge in [-0.1, -0.05) is 0 Å². The molecule has 0 aromatic carbocycles. The predicted molar refractivity (Wildman–Crippen MR) is 132 cm³/mol. The smallest absolute Gasteiger partial charge is 0.349 e. The number of hydrogen-bond acceptors (Lipinski definition) is 5. The van der Waals surface area contributed by atoms with Gasteiger partial charge in [0.15, 0.2) is 0 Å². The molecular formula is C25H34F5N5OS. The monoisotopic (exact) mass is 547 g/mol.